The second-order valence-corrected chi connectivity index (χ2v) is 2.95. The van der Waals surface area contributed by atoms with Crippen LogP contribution in [-0.2, 0) is 0 Å². The fourth-order valence-electron chi connectivity index (χ4n) is 1.30. The first-order valence-electron chi connectivity index (χ1n) is 4.06. The third-order valence-electron chi connectivity index (χ3n) is 1.99. The van der Waals surface area contributed by atoms with Crippen molar-refractivity contribution in [2.75, 3.05) is 5.73 Å². The van der Waals surface area contributed by atoms with Crippen molar-refractivity contribution in [3.8, 4) is 0 Å². The average Bonchev–Trinajstić information content (AvgIpc) is 2.17. The number of carbonyl (C=O) groups is 1. The van der Waals surface area contributed by atoms with Crippen LogP contribution in [-0.4, -0.2) is 16.1 Å². The van der Waals surface area contributed by atoms with E-state index in [2.05, 4.69) is 4.98 Å². The molecular formula is C10H8N2O2. The lowest BCUT2D eigenvalue weighted by atomic mass is 10.1. The molecule has 0 atom stereocenters. The number of nitrogens with two attached hydrogens (primary N) is 1. The summed E-state index contributed by atoms with van der Waals surface area (Å²) in [6, 6.07) is 6.84. The standard InChI is InChI=1S/C10H8N2O2/c11-8-3-1-2-6-4-7(10(13)14)5-12-9(6)8/h1-5H,11H2,(H,13,14). The van der Waals surface area contributed by atoms with Crippen molar-refractivity contribution in [2.45, 2.75) is 0 Å². The highest BCUT2D eigenvalue weighted by molar-refractivity contribution is 5.95. The molecule has 0 radical (unpaired) electrons. The van der Waals surface area contributed by atoms with Crippen LogP contribution in [0.4, 0.5) is 5.69 Å². The Morgan fingerprint density at radius 2 is 2.21 bits per heavy atom. The van der Waals surface area contributed by atoms with E-state index < -0.39 is 5.97 Å². The molecule has 70 valence electrons. The molecule has 0 unspecified atom stereocenters. The van der Waals surface area contributed by atoms with Gasteiger partial charge in [-0.2, -0.15) is 0 Å². The molecule has 0 amide bonds. The van der Waals surface area contributed by atoms with Crippen LogP contribution in [0.5, 0.6) is 0 Å². The number of carboxylic acid groups (broad SMARTS) is 1. The molecule has 0 spiro atoms. The molecule has 4 heteroatoms. The van der Waals surface area contributed by atoms with Crippen molar-refractivity contribution in [3.05, 3.63) is 36.0 Å². The molecule has 3 N–H and O–H groups in total. The van der Waals surface area contributed by atoms with E-state index in [0.29, 0.717) is 11.2 Å². The van der Waals surface area contributed by atoms with Crippen LogP contribution < -0.4 is 5.73 Å². The molecule has 1 heterocycles. The second-order valence-electron chi connectivity index (χ2n) is 2.95. The molecule has 2 rings (SSSR count). The topological polar surface area (TPSA) is 76.2 Å². The fourth-order valence-corrected chi connectivity index (χ4v) is 1.30. The van der Waals surface area contributed by atoms with Gasteiger partial charge in [0.2, 0.25) is 0 Å². The van der Waals surface area contributed by atoms with Crippen molar-refractivity contribution in [1.29, 1.82) is 0 Å². The van der Waals surface area contributed by atoms with Gasteiger partial charge in [-0.3, -0.25) is 4.98 Å². The monoisotopic (exact) mass is 188 g/mol. The number of fused-ring (bicyclic) bond motifs is 1. The highest BCUT2D eigenvalue weighted by Crippen LogP contribution is 2.18. The van der Waals surface area contributed by atoms with Gasteiger partial charge in [0.25, 0.3) is 0 Å². The van der Waals surface area contributed by atoms with Crippen LogP contribution >= 0.6 is 0 Å². The van der Waals surface area contributed by atoms with Gasteiger partial charge in [0.05, 0.1) is 16.8 Å². The van der Waals surface area contributed by atoms with Crippen LogP contribution in [0.15, 0.2) is 30.5 Å². The number of anilines is 1. The molecule has 0 bridgehead atoms. The number of hydrogen-bond acceptors (Lipinski definition) is 3. The third-order valence-corrected chi connectivity index (χ3v) is 1.99. The van der Waals surface area contributed by atoms with Crippen LogP contribution in [0.3, 0.4) is 0 Å². The number of pyridine rings is 1. The van der Waals surface area contributed by atoms with E-state index in [1.54, 1.807) is 24.3 Å². The van der Waals surface area contributed by atoms with E-state index in [9.17, 15) is 4.79 Å². The zero-order valence-electron chi connectivity index (χ0n) is 7.27. The SMILES string of the molecule is Nc1cccc2cc(C(=O)O)cnc12. The molecule has 14 heavy (non-hydrogen) atoms. The minimum Gasteiger partial charge on any atom is -0.478 e. The van der Waals surface area contributed by atoms with Crippen molar-refractivity contribution >= 4 is 22.6 Å². The molecule has 0 fully saturated rings. The maximum Gasteiger partial charge on any atom is 0.337 e. The Bertz CT molecular complexity index is 508. The predicted molar refractivity (Wildman–Crippen MR) is 53.1 cm³/mol. The van der Waals surface area contributed by atoms with Gasteiger partial charge in [-0.1, -0.05) is 12.1 Å². The Morgan fingerprint density at radius 3 is 2.93 bits per heavy atom. The number of aromatic nitrogens is 1. The van der Waals surface area contributed by atoms with Gasteiger partial charge < -0.3 is 10.8 Å². The quantitative estimate of drug-likeness (QED) is 0.665. The number of rotatable bonds is 1. The summed E-state index contributed by atoms with van der Waals surface area (Å²) in [4.78, 5) is 14.7. The first kappa shape index (κ1) is 8.50. The van der Waals surface area contributed by atoms with E-state index in [1.807, 2.05) is 0 Å². The number of para-hydroxylation sites is 1. The van der Waals surface area contributed by atoms with Crippen LogP contribution in [0.1, 0.15) is 10.4 Å². The highest BCUT2D eigenvalue weighted by Gasteiger charge is 2.05. The summed E-state index contributed by atoms with van der Waals surface area (Å²) in [5, 5.41) is 9.48. The number of hydrogen-bond donors (Lipinski definition) is 2. The first-order valence-corrected chi connectivity index (χ1v) is 4.06. The van der Waals surface area contributed by atoms with Crippen LogP contribution in [0, 0.1) is 0 Å². The molecule has 4 nitrogen and oxygen atoms in total. The van der Waals surface area contributed by atoms with Gasteiger partial charge in [0, 0.05) is 11.6 Å². The van der Waals surface area contributed by atoms with Gasteiger partial charge in [0.15, 0.2) is 0 Å². The minimum absolute atomic E-state index is 0.170. The minimum atomic E-state index is -0.984. The number of aromatic carboxylic acids is 1. The average molecular weight is 188 g/mol. The van der Waals surface area contributed by atoms with Gasteiger partial charge in [0.1, 0.15) is 0 Å². The Hall–Kier alpha value is -2.10. The summed E-state index contributed by atoms with van der Waals surface area (Å²) >= 11 is 0. The highest BCUT2D eigenvalue weighted by atomic mass is 16.4. The zero-order chi connectivity index (χ0) is 10.1. The Labute approximate surface area is 80.0 Å². The molecule has 0 saturated heterocycles. The van der Waals surface area contributed by atoms with E-state index >= 15 is 0 Å². The molecule has 0 aliphatic rings. The van der Waals surface area contributed by atoms with Crippen molar-refractivity contribution < 1.29 is 9.90 Å². The second kappa shape index (κ2) is 2.99. The summed E-state index contributed by atoms with van der Waals surface area (Å²) in [6.07, 6.45) is 1.31. The van der Waals surface area contributed by atoms with E-state index in [4.69, 9.17) is 10.8 Å². The Morgan fingerprint density at radius 1 is 1.43 bits per heavy atom. The van der Waals surface area contributed by atoms with E-state index in [0.717, 1.165) is 5.39 Å². The normalized spacial score (nSPS) is 10.3. The maximum atomic E-state index is 10.7. The summed E-state index contributed by atoms with van der Waals surface area (Å²) in [5.74, 6) is -0.984. The van der Waals surface area contributed by atoms with Crippen molar-refractivity contribution in [2.24, 2.45) is 0 Å². The molecule has 0 aliphatic carbocycles. The lowest BCUT2D eigenvalue weighted by molar-refractivity contribution is 0.0696. The Balaban J connectivity index is 2.73. The lowest BCUT2D eigenvalue weighted by Gasteiger charge is -2.01. The van der Waals surface area contributed by atoms with Gasteiger partial charge in [-0.05, 0) is 12.1 Å². The van der Waals surface area contributed by atoms with Gasteiger partial charge >= 0.3 is 5.97 Å². The number of benzene rings is 1. The lowest BCUT2D eigenvalue weighted by Crippen LogP contribution is -1.98. The first-order chi connectivity index (χ1) is 6.68. The summed E-state index contributed by atoms with van der Waals surface area (Å²) in [7, 11) is 0. The van der Waals surface area contributed by atoms with E-state index in [-0.39, 0.29) is 5.56 Å². The van der Waals surface area contributed by atoms with Gasteiger partial charge in [-0.15, -0.1) is 0 Å². The third kappa shape index (κ3) is 1.26. The molecule has 0 saturated carbocycles. The van der Waals surface area contributed by atoms with Crippen LogP contribution in [0.2, 0.25) is 0 Å². The van der Waals surface area contributed by atoms with Crippen molar-refractivity contribution in [1.82, 2.24) is 4.98 Å². The van der Waals surface area contributed by atoms with Gasteiger partial charge in [-0.25, -0.2) is 4.79 Å². The molecule has 2 aromatic rings. The zero-order valence-corrected chi connectivity index (χ0v) is 7.27. The number of nitrogen functional groups attached to an aromatic ring is 1. The Kier molecular flexibility index (Phi) is 1.81. The van der Waals surface area contributed by atoms with Crippen LogP contribution in [0.25, 0.3) is 10.9 Å². The summed E-state index contributed by atoms with van der Waals surface area (Å²) < 4.78 is 0. The largest absolute Gasteiger partial charge is 0.478 e. The molecule has 0 aliphatic heterocycles. The molecular weight excluding hydrogens is 180 g/mol. The molecule has 1 aromatic heterocycles. The van der Waals surface area contributed by atoms with E-state index in [1.165, 1.54) is 6.20 Å². The smallest absolute Gasteiger partial charge is 0.337 e. The molecule has 1 aromatic carbocycles. The number of carboxylic acids is 1. The fraction of sp³-hybridized carbons (Fsp3) is 0. The summed E-state index contributed by atoms with van der Waals surface area (Å²) in [6.45, 7) is 0. The maximum absolute atomic E-state index is 10.7. The number of nitrogens with zero attached hydrogens (tertiary/aromatic N) is 1. The van der Waals surface area contributed by atoms with Crippen molar-refractivity contribution in [3.63, 3.8) is 0 Å². The predicted octanol–water partition coefficient (Wildman–Crippen LogP) is 1.52. The summed E-state index contributed by atoms with van der Waals surface area (Å²) in [5.41, 5.74) is 7.03.